The minimum absolute atomic E-state index is 0.0947. The molecule has 136 valence electrons. The number of aliphatic carboxylic acids is 1. The van der Waals surface area contributed by atoms with E-state index in [-0.39, 0.29) is 6.08 Å². The van der Waals surface area contributed by atoms with Gasteiger partial charge in [0.15, 0.2) is 5.58 Å². The van der Waals surface area contributed by atoms with E-state index < -0.39 is 11.6 Å². The molecule has 2 aromatic carbocycles. The summed E-state index contributed by atoms with van der Waals surface area (Å²) < 4.78 is 16.8. The molecule has 0 spiro atoms. The first-order valence-corrected chi connectivity index (χ1v) is 8.54. The molecule has 1 atom stereocenters. The van der Waals surface area contributed by atoms with E-state index in [1.54, 1.807) is 49.4 Å². The molecule has 0 fully saturated rings. The van der Waals surface area contributed by atoms with Crippen molar-refractivity contribution in [3.63, 3.8) is 0 Å². The molecule has 0 saturated heterocycles. The number of carbonyl (C=O) groups is 1. The van der Waals surface area contributed by atoms with Crippen molar-refractivity contribution in [1.82, 2.24) is 4.98 Å². The summed E-state index contributed by atoms with van der Waals surface area (Å²) in [4.78, 5) is 15.7. The highest BCUT2D eigenvalue weighted by Gasteiger charge is 2.34. The fraction of sp³-hybridized carbons (Fsp3) is 0.263. The summed E-state index contributed by atoms with van der Waals surface area (Å²) in [6.45, 7) is 3.47. The van der Waals surface area contributed by atoms with Crippen molar-refractivity contribution >= 4 is 28.7 Å². The van der Waals surface area contributed by atoms with Gasteiger partial charge in [-0.15, -0.1) is 0 Å². The highest BCUT2D eigenvalue weighted by Crippen LogP contribution is 2.29. The molecule has 3 aromatic rings. The van der Waals surface area contributed by atoms with Gasteiger partial charge in [-0.05, 0) is 49.7 Å². The molecule has 0 radical (unpaired) electrons. The molecule has 1 aromatic heterocycles. The number of fused-ring (bicyclic) bond motifs is 1. The molecule has 26 heavy (non-hydrogen) atoms. The van der Waals surface area contributed by atoms with Gasteiger partial charge in [-0.2, -0.15) is 4.98 Å². The van der Waals surface area contributed by atoms with Crippen molar-refractivity contribution in [2.75, 3.05) is 0 Å². The Morgan fingerprint density at radius 3 is 2.58 bits per heavy atom. The number of oxazole rings is 1. The van der Waals surface area contributed by atoms with Crippen LogP contribution in [0, 0.1) is 0 Å². The third-order valence-corrected chi connectivity index (χ3v) is 4.12. The predicted octanol–water partition coefficient (Wildman–Crippen LogP) is 5.30. The summed E-state index contributed by atoms with van der Waals surface area (Å²) in [5, 5.41) is 9.93. The normalized spacial score (nSPS) is 13.3. The first-order chi connectivity index (χ1) is 12.4. The molecule has 1 N–H and O–H groups in total. The van der Waals surface area contributed by atoms with Crippen LogP contribution >= 0.6 is 11.6 Å². The van der Waals surface area contributed by atoms with Crippen LogP contribution in [0.1, 0.15) is 26.7 Å². The SMILES string of the molecule is CCCC(C)(Oc1ccc(Oc2nc3ccc(Cl)cc3o2)cc1)C(=O)O. The molecule has 1 heterocycles. The van der Waals surface area contributed by atoms with Gasteiger partial charge in [-0.1, -0.05) is 24.9 Å². The summed E-state index contributed by atoms with van der Waals surface area (Å²) in [6.07, 6.45) is 1.20. The van der Waals surface area contributed by atoms with Gasteiger partial charge in [0.25, 0.3) is 0 Å². The maximum absolute atomic E-state index is 11.5. The molecule has 1 unspecified atom stereocenters. The predicted molar refractivity (Wildman–Crippen MR) is 97.1 cm³/mol. The van der Waals surface area contributed by atoms with Crippen LogP contribution in [0.25, 0.3) is 11.1 Å². The summed E-state index contributed by atoms with van der Waals surface area (Å²) in [7, 11) is 0. The average molecular weight is 376 g/mol. The monoisotopic (exact) mass is 375 g/mol. The topological polar surface area (TPSA) is 81.8 Å². The minimum Gasteiger partial charge on any atom is -0.478 e. The van der Waals surface area contributed by atoms with Crippen molar-refractivity contribution < 1.29 is 23.8 Å². The molecule has 3 rings (SSSR count). The van der Waals surface area contributed by atoms with Crippen LogP contribution in [0.2, 0.25) is 5.02 Å². The van der Waals surface area contributed by atoms with E-state index in [0.717, 1.165) is 0 Å². The zero-order chi connectivity index (χ0) is 18.7. The fourth-order valence-electron chi connectivity index (χ4n) is 2.54. The number of carboxylic acids is 1. The van der Waals surface area contributed by atoms with Crippen LogP contribution in [0.4, 0.5) is 0 Å². The van der Waals surface area contributed by atoms with E-state index in [1.165, 1.54) is 0 Å². The van der Waals surface area contributed by atoms with Gasteiger partial charge < -0.3 is 19.0 Å². The zero-order valence-corrected chi connectivity index (χ0v) is 15.1. The molecular weight excluding hydrogens is 358 g/mol. The van der Waals surface area contributed by atoms with E-state index in [1.807, 2.05) is 6.92 Å². The number of benzene rings is 2. The number of ether oxygens (including phenoxy) is 2. The Balaban J connectivity index is 1.73. The fourth-order valence-corrected chi connectivity index (χ4v) is 2.70. The Kier molecular flexibility index (Phi) is 5.04. The van der Waals surface area contributed by atoms with Crippen LogP contribution in [0.5, 0.6) is 17.6 Å². The number of rotatable bonds is 7. The highest BCUT2D eigenvalue weighted by molar-refractivity contribution is 6.31. The molecular formula is C19H18ClNO5. The second-order valence-electron chi connectivity index (χ2n) is 6.05. The lowest BCUT2D eigenvalue weighted by atomic mass is 10.0. The summed E-state index contributed by atoms with van der Waals surface area (Å²) in [5.41, 5.74) is -0.0955. The molecule has 0 aliphatic carbocycles. The number of carboxylic acid groups (broad SMARTS) is 1. The summed E-state index contributed by atoms with van der Waals surface area (Å²) >= 11 is 5.92. The summed E-state index contributed by atoms with van der Waals surface area (Å²) in [6, 6.07) is 11.7. The number of nitrogens with zero attached hydrogens (tertiary/aromatic N) is 1. The smallest absolute Gasteiger partial charge is 0.400 e. The Hall–Kier alpha value is -2.73. The molecule has 6 nitrogen and oxygen atoms in total. The van der Waals surface area contributed by atoms with Gasteiger partial charge in [0.2, 0.25) is 5.60 Å². The van der Waals surface area contributed by atoms with Crippen LogP contribution in [0.15, 0.2) is 46.9 Å². The lowest BCUT2D eigenvalue weighted by Gasteiger charge is -2.25. The third kappa shape index (κ3) is 3.91. The second kappa shape index (κ2) is 7.25. The Morgan fingerprint density at radius 1 is 1.23 bits per heavy atom. The standard InChI is InChI=1S/C19H18ClNO5/c1-3-10-19(2,17(22)23)26-14-7-5-13(6-8-14)24-18-21-15-9-4-12(20)11-16(15)25-18/h4-9,11H,3,10H2,1-2H3,(H,22,23). The Labute approximate surface area is 155 Å². The van der Waals surface area contributed by atoms with Crippen molar-refractivity contribution in [2.24, 2.45) is 0 Å². The Bertz CT molecular complexity index is 921. The van der Waals surface area contributed by atoms with Gasteiger partial charge in [0.1, 0.15) is 17.0 Å². The van der Waals surface area contributed by atoms with Crippen LogP contribution in [-0.4, -0.2) is 21.7 Å². The number of aromatic nitrogens is 1. The van der Waals surface area contributed by atoms with E-state index in [9.17, 15) is 9.90 Å². The maximum atomic E-state index is 11.5. The number of hydrogen-bond acceptors (Lipinski definition) is 5. The second-order valence-corrected chi connectivity index (χ2v) is 6.49. The van der Waals surface area contributed by atoms with Crippen molar-refractivity contribution in [3.05, 3.63) is 47.5 Å². The quantitative estimate of drug-likeness (QED) is 0.603. The van der Waals surface area contributed by atoms with E-state index in [2.05, 4.69) is 4.98 Å². The molecule has 0 saturated carbocycles. The van der Waals surface area contributed by atoms with Crippen LogP contribution < -0.4 is 9.47 Å². The average Bonchev–Trinajstić information content (AvgIpc) is 2.98. The molecule has 0 aliphatic rings. The first kappa shape index (κ1) is 18.1. The molecule has 0 amide bonds. The molecule has 0 aliphatic heterocycles. The Morgan fingerprint density at radius 2 is 1.92 bits per heavy atom. The minimum atomic E-state index is -1.27. The van der Waals surface area contributed by atoms with E-state index >= 15 is 0 Å². The lowest BCUT2D eigenvalue weighted by Crippen LogP contribution is -2.41. The highest BCUT2D eigenvalue weighted by atomic mass is 35.5. The molecule has 7 heteroatoms. The first-order valence-electron chi connectivity index (χ1n) is 8.16. The van der Waals surface area contributed by atoms with Gasteiger partial charge in [0, 0.05) is 11.1 Å². The van der Waals surface area contributed by atoms with Gasteiger partial charge in [0.05, 0.1) is 0 Å². The van der Waals surface area contributed by atoms with Gasteiger partial charge in [-0.3, -0.25) is 0 Å². The van der Waals surface area contributed by atoms with Crippen molar-refractivity contribution in [3.8, 4) is 17.6 Å². The van der Waals surface area contributed by atoms with Crippen molar-refractivity contribution in [2.45, 2.75) is 32.3 Å². The van der Waals surface area contributed by atoms with Crippen LogP contribution in [-0.2, 0) is 4.79 Å². The van der Waals surface area contributed by atoms with E-state index in [0.29, 0.717) is 40.5 Å². The zero-order valence-electron chi connectivity index (χ0n) is 14.4. The van der Waals surface area contributed by atoms with Gasteiger partial charge >= 0.3 is 12.0 Å². The number of halogens is 1. The maximum Gasteiger partial charge on any atom is 0.400 e. The largest absolute Gasteiger partial charge is 0.478 e. The number of hydrogen-bond donors (Lipinski definition) is 1. The third-order valence-electron chi connectivity index (χ3n) is 3.88. The van der Waals surface area contributed by atoms with E-state index in [4.69, 9.17) is 25.5 Å². The molecule has 0 bridgehead atoms. The summed E-state index contributed by atoms with van der Waals surface area (Å²) in [5.74, 6) is -0.0626. The van der Waals surface area contributed by atoms with Crippen molar-refractivity contribution in [1.29, 1.82) is 0 Å². The van der Waals surface area contributed by atoms with Crippen LogP contribution in [0.3, 0.4) is 0 Å². The lowest BCUT2D eigenvalue weighted by molar-refractivity contribution is -0.154. The van der Waals surface area contributed by atoms with Gasteiger partial charge in [-0.25, -0.2) is 4.79 Å².